The van der Waals surface area contributed by atoms with Gasteiger partial charge in [0.2, 0.25) is 5.88 Å². The zero-order chi connectivity index (χ0) is 16.1. The second-order valence-electron chi connectivity index (χ2n) is 5.90. The first-order valence-corrected chi connectivity index (χ1v) is 7.97. The van der Waals surface area contributed by atoms with Crippen LogP contribution in [0.1, 0.15) is 6.42 Å². The van der Waals surface area contributed by atoms with E-state index >= 15 is 0 Å². The monoisotopic (exact) mass is 342 g/mol. The van der Waals surface area contributed by atoms with Crippen LogP contribution in [0, 0.1) is 0 Å². The molecule has 24 heavy (non-hydrogen) atoms. The topological polar surface area (TPSA) is 25.4 Å². The smallest absolute Gasteiger partial charge is 0.214 e. The molecule has 1 aromatic heterocycles. The van der Waals surface area contributed by atoms with Gasteiger partial charge in [0.05, 0.1) is 12.1 Å². The standard InChI is InChI=1S/C20H22N2O.ClH/c1-22(2)13-8-14-23-20-15-18(16-9-4-3-5-10-16)17-11-6-7-12-19(17)21-20;/h3-7,9-12,15H,8,13-14H2,1-2H3;1H. The molecule has 0 N–H and O–H groups in total. The molecular formula is C20H23ClN2O. The molecular weight excluding hydrogens is 320 g/mol. The zero-order valence-electron chi connectivity index (χ0n) is 14.1. The van der Waals surface area contributed by atoms with Gasteiger partial charge in [-0.1, -0.05) is 48.5 Å². The summed E-state index contributed by atoms with van der Waals surface area (Å²) in [6, 6.07) is 20.7. The first-order valence-electron chi connectivity index (χ1n) is 7.97. The van der Waals surface area contributed by atoms with E-state index in [9.17, 15) is 0 Å². The van der Waals surface area contributed by atoms with Crippen molar-refractivity contribution in [2.75, 3.05) is 27.2 Å². The number of hydrogen-bond acceptors (Lipinski definition) is 3. The molecule has 3 aromatic rings. The maximum absolute atomic E-state index is 5.89. The third-order valence-corrected chi connectivity index (χ3v) is 3.78. The summed E-state index contributed by atoms with van der Waals surface area (Å²) in [4.78, 5) is 6.80. The van der Waals surface area contributed by atoms with Crippen LogP contribution < -0.4 is 4.74 Å². The Kier molecular flexibility index (Phi) is 6.59. The SMILES string of the molecule is CN(C)CCCOc1cc(-c2ccccc2)c2ccccc2n1.Cl. The Bertz CT molecular complexity index is 775. The first-order chi connectivity index (χ1) is 11.2. The van der Waals surface area contributed by atoms with Gasteiger partial charge in [0.25, 0.3) is 0 Å². The van der Waals surface area contributed by atoms with E-state index in [1.54, 1.807) is 0 Å². The molecule has 0 aliphatic rings. The molecule has 0 aliphatic carbocycles. The lowest BCUT2D eigenvalue weighted by molar-refractivity contribution is 0.274. The lowest BCUT2D eigenvalue weighted by atomic mass is 10.0. The minimum atomic E-state index is 0. The van der Waals surface area contributed by atoms with Gasteiger partial charge in [-0.15, -0.1) is 12.4 Å². The largest absolute Gasteiger partial charge is 0.478 e. The van der Waals surface area contributed by atoms with Crippen LogP contribution >= 0.6 is 12.4 Å². The highest BCUT2D eigenvalue weighted by molar-refractivity contribution is 5.95. The van der Waals surface area contributed by atoms with Gasteiger partial charge in [-0.25, -0.2) is 4.98 Å². The second kappa shape index (κ2) is 8.67. The van der Waals surface area contributed by atoms with Crippen LogP contribution in [0.5, 0.6) is 5.88 Å². The fourth-order valence-electron chi connectivity index (χ4n) is 2.64. The summed E-state index contributed by atoms with van der Waals surface area (Å²) in [6.07, 6.45) is 0.988. The van der Waals surface area contributed by atoms with Crippen LogP contribution in [0.3, 0.4) is 0 Å². The number of rotatable bonds is 6. The average Bonchev–Trinajstić information content (AvgIpc) is 2.58. The van der Waals surface area contributed by atoms with E-state index in [4.69, 9.17) is 4.74 Å². The molecule has 3 nitrogen and oxygen atoms in total. The molecule has 0 atom stereocenters. The number of ether oxygens (including phenoxy) is 1. The minimum Gasteiger partial charge on any atom is -0.478 e. The van der Waals surface area contributed by atoms with E-state index < -0.39 is 0 Å². The van der Waals surface area contributed by atoms with E-state index in [0.717, 1.165) is 23.9 Å². The van der Waals surface area contributed by atoms with Gasteiger partial charge in [0.1, 0.15) is 0 Å². The summed E-state index contributed by atoms with van der Waals surface area (Å²) in [6.45, 7) is 1.69. The van der Waals surface area contributed by atoms with E-state index in [-0.39, 0.29) is 12.4 Å². The lowest BCUT2D eigenvalue weighted by Crippen LogP contribution is -2.15. The molecule has 0 spiro atoms. The molecule has 0 saturated carbocycles. The van der Waals surface area contributed by atoms with Crippen LogP contribution in [0.4, 0.5) is 0 Å². The first kappa shape index (κ1) is 18.2. The highest BCUT2D eigenvalue weighted by Gasteiger charge is 2.08. The Morgan fingerprint density at radius 3 is 2.42 bits per heavy atom. The van der Waals surface area contributed by atoms with Crippen molar-refractivity contribution in [1.29, 1.82) is 0 Å². The molecule has 3 rings (SSSR count). The highest BCUT2D eigenvalue weighted by Crippen LogP contribution is 2.30. The lowest BCUT2D eigenvalue weighted by Gasteiger charge is -2.12. The third kappa shape index (κ3) is 4.47. The number of benzene rings is 2. The van der Waals surface area contributed by atoms with Crippen molar-refractivity contribution in [3.05, 3.63) is 60.7 Å². The van der Waals surface area contributed by atoms with Crippen molar-refractivity contribution in [2.24, 2.45) is 0 Å². The van der Waals surface area contributed by atoms with Gasteiger partial charge in [-0.3, -0.25) is 0 Å². The van der Waals surface area contributed by atoms with Gasteiger partial charge < -0.3 is 9.64 Å². The van der Waals surface area contributed by atoms with Crippen molar-refractivity contribution in [2.45, 2.75) is 6.42 Å². The van der Waals surface area contributed by atoms with Crippen LogP contribution in [0.2, 0.25) is 0 Å². The van der Waals surface area contributed by atoms with Gasteiger partial charge in [-0.2, -0.15) is 0 Å². The van der Waals surface area contributed by atoms with Gasteiger partial charge in [0.15, 0.2) is 0 Å². The molecule has 0 bridgehead atoms. The van der Waals surface area contributed by atoms with Gasteiger partial charge in [0, 0.05) is 18.0 Å². The molecule has 0 unspecified atom stereocenters. The Labute approximate surface area is 149 Å². The molecule has 0 aliphatic heterocycles. The van der Waals surface area contributed by atoms with E-state index in [0.29, 0.717) is 12.5 Å². The van der Waals surface area contributed by atoms with Gasteiger partial charge in [-0.05, 0) is 37.7 Å². The number of hydrogen-bond donors (Lipinski definition) is 0. The third-order valence-electron chi connectivity index (χ3n) is 3.78. The van der Waals surface area contributed by atoms with Crippen LogP contribution in [-0.4, -0.2) is 37.1 Å². The zero-order valence-corrected chi connectivity index (χ0v) is 14.9. The number of halogens is 1. The van der Waals surface area contributed by atoms with Crippen molar-refractivity contribution >= 4 is 23.3 Å². The molecule has 2 aromatic carbocycles. The number of fused-ring (bicyclic) bond motifs is 1. The van der Waals surface area contributed by atoms with Crippen molar-refractivity contribution in [1.82, 2.24) is 9.88 Å². The summed E-state index contributed by atoms with van der Waals surface area (Å²) in [5.41, 5.74) is 3.32. The Morgan fingerprint density at radius 1 is 0.958 bits per heavy atom. The van der Waals surface area contributed by atoms with Crippen molar-refractivity contribution in [3.63, 3.8) is 0 Å². The molecule has 0 fully saturated rings. The quantitative estimate of drug-likeness (QED) is 0.609. The summed E-state index contributed by atoms with van der Waals surface area (Å²) >= 11 is 0. The molecule has 126 valence electrons. The normalized spacial score (nSPS) is 10.6. The van der Waals surface area contributed by atoms with E-state index in [1.165, 1.54) is 11.1 Å². The fourth-order valence-corrected chi connectivity index (χ4v) is 2.64. The fraction of sp³-hybridized carbons (Fsp3) is 0.250. The minimum absolute atomic E-state index is 0. The van der Waals surface area contributed by atoms with E-state index in [1.807, 2.05) is 30.3 Å². The van der Waals surface area contributed by atoms with Crippen LogP contribution in [0.15, 0.2) is 60.7 Å². The van der Waals surface area contributed by atoms with E-state index in [2.05, 4.69) is 54.3 Å². The predicted octanol–water partition coefficient (Wildman–Crippen LogP) is 4.65. The van der Waals surface area contributed by atoms with Crippen molar-refractivity contribution < 1.29 is 4.74 Å². The number of aromatic nitrogens is 1. The van der Waals surface area contributed by atoms with Gasteiger partial charge >= 0.3 is 0 Å². The maximum atomic E-state index is 5.89. The highest BCUT2D eigenvalue weighted by atomic mass is 35.5. The Balaban J connectivity index is 0.00000208. The Hall–Kier alpha value is -2.10. The summed E-state index contributed by atoms with van der Waals surface area (Å²) in [7, 11) is 4.14. The maximum Gasteiger partial charge on any atom is 0.214 e. The molecule has 1 heterocycles. The second-order valence-corrected chi connectivity index (χ2v) is 5.90. The molecule has 0 radical (unpaired) electrons. The van der Waals surface area contributed by atoms with Crippen LogP contribution in [-0.2, 0) is 0 Å². The predicted molar refractivity (Wildman–Crippen MR) is 103 cm³/mol. The van der Waals surface area contributed by atoms with Crippen LogP contribution in [0.25, 0.3) is 22.0 Å². The average molecular weight is 343 g/mol. The molecule has 0 saturated heterocycles. The number of nitrogens with zero attached hydrogens (tertiary/aromatic N) is 2. The summed E-state index contributed by atoms with van der Waals surface area (Å²) in [5.74, 6) is 0.696. The number of para-hydroxylation sites is 1. The Morgan fingerprint density at radius 2 is 1.67 bits per heavy atom. The summed E-state index contributed by atoms with van der Waals surface area (Å²) in [5, 5.41) is 1.15. The van der Waals surface area contributed by atoms with Crippen molar-refractivity contribution in [3.8, 4) is 17.0 Å². The molecule has 4 heteroatoms. The summed E-state index contributed by atoms with van der Waals surface area (Å²) < 4.78 is 5.89. The molecule has 0 amide bonds. The number of pyridine rings is 1.